The third-order valence-electron chi connectivity index (χ3n) is 4.38. The van der Waals surface area contributed by atoms with Crippen LogP contribution in [0.5, 0.6) is 5.75 Å². The predicted octanol–water partition coefficient (Wildman–Crippen LogP) is 2.38. The highest BCUT2D eigenvalue weighted by molar-refractivity contribution is 6.30. The highest BCUT2D eigenvalue weighted by Gasteiger charge is 2.24. The maximum Gasteiger partial charge on any atom is 0.119 e. The van der Waals surface area contributed by atoms with Crippen molar-refractivity contribution in [1.82, 2.24) is 14.7 Å². The smallest absolute Gasteiger partial charge is 0.119 e. The van der Waals surface area contributed by atoms with E-state index in [-0.39, 0.29) is 0 Å². The molecule has 130 valence electrons. The fourth-order valence-corrected chi connectivity index (χ4v) is 3.36. The third-order valence-corrected chi connectivity index (χ3v) is 4.63. The normalized spacial score (nSPS) is 19.5. The zero-order valence-corrected chi connectivity index (χ0v) is 14.7. The van der Waals surface area contributed by atoms with Crippen molar-refractivity contribution in [3.8, 4) is 5.75 Å². The number of halogens is 1. The molecule has 1 aromatic carbocycles. The summed E-state index contributed by atoms with van der Waals surface area (Å²) >= 11 is 5.84. The van der Waals surface area contributed by atoms with Gasteiger partial charge in [-0.2, -0.15) is 5.10 Å². The highest BCUT2D eigenvalue weighted by atomic mass is 35.5. The summed E-state index contributed by atoms with van der Waals surface area (Å²) in [7, 11) is 1.95. The van der Waals surface area contributed by atoms with E-state index in [4.69, 9.17) is 16.3 Å². The van der Waals surface area contributed by atoms with E-state index in [9.17, 15) is 5.11 Å². The van der Waals surface area contributed by atoms with Crippen LogP contribution in [0.2, 0.25) is 5.02 Å². The summed E-state index contributed by atoms with van der Waals surface area (Å²) in [5.41, 5.74) is 1.29. The number of aryl methyl sites for hydroxylation is 1. The van der Waals surface area contributed by atoms with Crippen LogP contribution in [-0.2, 0) is 13.5 Å². The standard InChI is InChI=1S/C18H24ClN3O2/c1-21-10-15(9-20-21)8-14-6-7-22(11-14)12-17(23)13-24-18-4-2-16(19)3-5-18/h2-5,9-10,14,17,23H,6-8,11-13H2,1H3. The van der Waals surface area contributed by atoms with Gasteiger partial charge < -0.3 is 14.7 Å². The summed E-state index contributed by atoms with van der Waals surface area (Å²) in [5.74, 6) is 1.37. The van der Waals surface area contributed by atoms with E-state index in [0.717, 1.165) is 25.3 Å². The van der Waals surface area contributed by atoms with Crippen molar-refractivity contribution in [3.05, 3.63) is 47.2 Å². The van der Waals surface area contributed by atoms with Crippen molar-refractivity contribution < 1.29 is 9.84 Å². The van der Waals surface area contributed by atoms with Gasteiger partial charge >= 0.3 is 0 Å². The molecule has 0 amide bonds. The van der Waals surface area contributed by atoms with Crippen LogP contribution in [-0.4, -0.2) is 52.1 Å². The Morgan fingerprint density at radius 2 is 2.17 bits per heavy atom. The van der Waals surface area contributed by atoms with E-state index in [1.54, 1.807) is 12.1 Å². The second kappa shape index (κ2) is 8.01. The molecule has 2 heterocycles. The van der Waals surface area contributed by atoms with Gasteiger partial charge in [0, 0.05) is 31.4 Å². The monoisotopic (exact) mass is 349 g/mol. The van der Waals surface area contributed by atoms with Crippen LogP contribution in [0.15, 0.2) is 36.7 Å². The molecule has 1 aliphatic rings. The van der Waals surface area contributed by atoms with Crippen molar-refractivity contribution in [1.29, 1.82) is 0 Å². The van der Waals surface area contributed by atoms with Gasteiger partial charge in [-0.3, -0.25) is 4.68 Å². The second-order valence-corrected chi connectivity index (χ2v) is 7.00. The van der Waals surface area contributed by atoms with Crippen LogP contribution >= 0.6 is 11.6 Å². The average molecular weight is 350 g/mol. The highest BCUT2D eigenvalue weighted by Crippen LogP contribution is 2.21. The summed E-state index contributed by atoms with van der Waals surface area (Å²) in [6, 6.07) is 7.20. The van der Waals surface area contributed by atoms with Crippen molar-refractivity contribution in [2.75, 3.05) is 26.2 Å². The molecule has 0 aliphatic carbocycles. The predicted molar refractivity (Wildman–Crippen MR) is 94.4 cm³/mol. The maximum absolute atomic E-state index is 10.2. The molecule has 2 atom stereocenters. The molecule has 2 aromatic rings. The number of hydrogen-bond donors (Lipinski definition) is 1. The van der Waals surface area contributed by atoms with E-state index < -0.39 is 6.10 Å². The zero-order valence-electron chi connectivity index (χ0n) is 13.9. The van der Waals surface area contributed by atoms with Crippen LogP contribution in [0.1, 0.15) is 12.0 Å². The molecule has 1 fully saturated rings. The molecule has 2 unspecified atom stereocenters. The van der Waals surface area contributed by atoms with E-state index in [1.807, 2.05) is 30.1 Å². The Hall–Kier alpha value is -1.56. The molecular formula is C18H24ClN3O2. The number of hydrogen-bond acceptors (Lipinski definition) is 4. The molecule has 5 nitrogen and oxygen atoms in total. The lowest BCUT2D eigenvalue weighted by molar-refractivity contribution is 0.0747. The molecule has 0 saturated carbocycles. The second-order valence-electron chi connectivity index (χ2n) is 6.56. The number of β-amino-alcohol motifs (C(OH)–C–C–N with tert-alkyl or cyclic N) is 1. The Morgan fingerprint density at radius 1 is 1.38 bits per heavy atom. The Labute approximate surface area is 147 Å². The first-order chi connectivity index (χ1) is 11.6. The van der Waals surface area contributed by atoms with Crippen molar-refractivity contribution >= 4 is 11.6 Å². The van der Waals surface area contributed by atoms with Crippen molar-refractivity contribution in [3.63, 3.8) is 0 Å². The number of likely N-dealkylation sites (tertiary alicyclic amines) is 1. The number of aliphatic hydroxyl groups is 1. The molecule has 0 spiro atoms. The third kappa shape index (κ3) is 4.97. The molecule has 1 saturated heterocycles. The number of rotatable bonds is 7. The number of nitrogens with zero attached hydrogens (tertiary/aromatic N) is 3. The van der Waals surface area contributed by atoms with Gasteiger partial charge in [-0.05, 0) is 55.1 Å². The van der Waals surface area contributed by atoms with Crippen LogP contribution < -0.4 is 4.74 Å². The van der Waals surface area contributed by atoms with Crippen molar-refractivity contribution in [2.45, 2.75) is 18.9 Å². The summed E-state index contributed by atoms with van der Waals surface area (Å²) in [6.45, 7) is 3.00. The molecule has 6 heteroatoms. The fraction of sp³-hybridized carbons (Fsp3) is 0.500. The topological polar surface area (TPSA) is 50.5 Å². The maximum atomic E-state index is 10.2. The van der Waals surface area contributed by atoms with Crippen LogP contribution in [0.4, 0.5) is 0 Å². The van der Waals surface area contributed by atoms with Crippen molar-refractivity contribution in [2.24, 2.45) is 13.0 Å². The lowest BCUT2D eigenvalue weighted by atomic mass is 10.0. The van der Waals surface area contributed by atoms with Gasteiger partial charge in [0.25, 0.3) is 0 Å². The Balaban J connectivity index is 1.39. The number of aliphatic hydroxyl groups excluding tert-OH is 1. The van der Waals surface area contributed by atoms with Gasteiger partial charge in [0.1, 0.15) is 18.5 Å². The molecule has 0 radical (unpaired) electrons. The largest absolute Gasteiger partial charge is 0.491 e. The minimum Gasteiger partial charge on any atom is -0.491 e. The van der Waals surface area contributed by atoms with Gasteiger partial charge in [0.2, 0.25) is 0 Å². The van der Waals surface area contributed by atoms with Gasteiger partial charge in [-0.15, -0.1) is 0 Å². The number of benzene rings is 1. The molecule has 3 rings (SSSR count). The minimum atomic E-state index is -0.488. The van der Waals surface area contributed by atoms with E-state index in [2.05, 4.69) is 16.2 Å². The van der Waals surface area contributed by atoms with Gasteiger partial charge in [-0.1, -0.05) is 11.6 Å². The summed E-state index contributed by atoms with van der Waals surface area (Å²) in [5, 5.41) is 15.1. The quantitative estimate of drug-likeness (QED) is 0.833. The fourth-order valence-electron chi connectivity index (χ4n) is 3.23. The first kappa shape index (κ1) is 17.3. The minimum absolute atomic E-state index is 0.297. The van der Waals surface area contributed by atoms with Crippen LogP contribution in [0.25, 0.3) is 0 Å². The number of aromatic nitrogens is 2. The van der Waals surface area contributed by atoms with Crippen LogP contribution in [0.3, 0.4) is 0 Å². The van der Waals surface area contributed by atoms with E-state index >= 15 is 0 Å². The molecule has 1 aromatic heterocycles. The first-order valence-electron chi connectivity index (χ1n) is 8.35. The Morgan fingerprint density at radius 3 is 2.88 bits per heavy atom. The van der Waals surface area contributed by atoms with Gasteiger partial charge in [-0.25, -0.2) is 0 Å². The SMILES string of the molecule is Cn1cc(CC2CCN(CC(O)COc3ccc(Cl)cc3)C2)cn1. The average Bonchev–Trinajstić information content (AvgIpc) is 3.16. The Kier molecular flexibility index (Phi) is 5.76. The summed E-state index contributed by atoms with van der Waals surface area (Å²) in [6.07, 6.45) is 5.76. The van der Waals surface area contributed by atoms with E-state index in [0.29, 0.717) is 24.1 Å². The Bertz CT molecular complexity index is 644. The molecule has 1 aliphatic heterocycles. The number of ether oxygens (including phenoxy) is 1. The lowest BCUT2D eigenvalue weighted by Crippen LogP contribution is -2.34. The zero-order chi connectivity index (χ0) is 16.9. The van der Waals surface area contributed by atoms with Gasteiger partial charge in [0.05, 0.1) is 6.20 Å². The molecule has 0 bridgehead atoms. The van der Waals surface area contributed by atoms with Gasteiger partial charge in [0.15, 0.2) is 0 Å². The molecule has 24 heavy (non-hydrogen) atoms. The summed E-state index contributed by atoms with van der Waals surface area (Å²) in [4.78, 5) is 2.32. The van der Waals surface area contributed by atoms with Crippen LogP contribution in [0, 0.1) is 5.92 Å². The first-order valence-corrected chi connectivity index (χ1v) is 8.72. The molecular weight excluding hydrogens is 326 g/mol. The molecule has 1 N–H and O–H groups in total. The lowest BCUT2D eigenvalue weighted by Gasteiger charge is -2.20. The summed E-state index contributed by atoms with van der Waals surface area (Å²) < 4.78 is 7.46. The van der Waals surface area contributed by atoms with E-state index in [1.165, 1.54) is 12.0 Å².